The van der Waals surface area contributed by atoms with Crippen LogP contribution in [0.2, 0.25) is 0 Å². The first kappa shape index (κ1) is 17.7. The predicted octanol–water partition coefficient (Wildman–Crippen LogP) is 3.56. The zero-order valence-electron chi connectivity index (χ0n) is 17.0. The first-order chi connectivity index (χ1) is 14.8. The van der Waals surface area contributed by atoms with Crippen molar-refractivity contribution in [3.05, 3.63) is 71.9 Å². The number of likely N-dealkylation sites (tertiary alicyclic amines) is 1. The van der Waals surface area contributed by atoms with E-state index in [0.29, 0.717) is 0 Å². The summed E-state index contributed by atoms with van der Waals surface area (Å²) in [6.45, 7) is 4.94. The fourth-order valence-corrected chi connectivity index (χ4v) is 5.20. The minimum atomic E-state index is -0.0150. The highest BCUT2D eigenvalue weighted by Gasteiger charge is 2.46. The third-order valence-corrected chi connectivity index (χ3v) is 6.75. The zero-order valence-corrected chi connectivity index (χ0v) is 17.0. The van der Waals surface area contributed by atoms with Gasteiger partial charge in [0.15, 0.2) is 0 Å². The van der Waals surface area contributed by atoms with Crippen molar-refractivity contribution < 1.29 is 0 Å². The minimum Gasteiger partial charge on any atom is -0.362 e. The van der Waals surface area contributed by atoms with Crippen LogP contribution in [-0.4, -0.2) is 57.7 Å². The average molecular weight is 399 g/mol. The number of aromatic amines is 1. The van der Waals surface area contributed by atoms with Gasteiger partial charge in [0, 0.05) is 55.8 Å². The molecule has 152 valence electrons. The van der Waals surface area contributed by atoms with E-state index in [1.807, 2.05) is 6.20 Å². The molecule has 3 aromatic rings. The second-order valence-electron chi connectivity index (χ2n) is 8.47. The molecule has 0 saturated carbocycles. The van der Waals surface area contributed by atoms with Crippen LogP contribution in [0, 0.1) is 0 Å². The van der Waals surface area contributed by atoms with Crippen LogP contribution in [0.5, 0.6) is 0 Å². The van der Waals surface area contributed by atoms with Crippen molar-refractivity contribution >= 4 is 11.5 Å². The molecule has 0 unspecified atom stereocenters. The van der Waals surface area contributed by atoms with Crippen LogP contribution in [-0.2, 0) is 6.54 Å². The molecule has 0 amide bonds. The lowest BCUT2D eigenvalue weighted by Gasteiger charge is -2.52. The van der Waals surface area contributed by atoms with Crippen LogP contribution in [0.4, 0.5) is 5.69 Å². The van der Waals surface area contributed by atoms with Crippen LogP contribution in [0.25, 0.3) is 11.3 Å². The molecule has 0 radical (unpaired) electrons. The maximum absolute atomic E-state index is 4.85. The lowest BCUT2D eigenvalue weighted by molar-refractivity contribution is 0.0897. The number of amidine groups is 1. The van der Waals surface area contributed by atoms with Gasteiger partial charge in [-0.15, -0.1) is 0 Å². The summed E-state index contributed by atoms with van der Waals surface area (Å²) in [5, 5.41) is 11.4. The number of aromatic nitrogens is 2. The van der Waals surface area contributed by atoms with E-state index in [0.717, 1.165) is 51.3 Å². The van der Waals surface area contributed by atoms with E-state index < -0.39 is 0 Å². The standard InChI is InChI=1S/C24H26N6/c1-2-6-18(7-3-1)22-19(16-26-28-22)17-29-13-10-24(11-14-29)27-21-9-5-4-8-20(21)23-25-12-15-30(23)24/h1-9,16,27H,10-15,17H2,(H,26,28). The van der Waals surface area contributed by atoms with Crippen molar-refractivity contribution in [2.24, 2.45) is 4.99 Å². The molecular weight excluding hydrogens is 372 g/mol. The molecule has 0 aliphatic carbocycles. The molecule has 3 aliphatic rings. The number of aliphatic imine (C=N–C) groups is 1. The van der Waals surface area contributed by atoms with E-state index in [2.05, 4.69) is 79.9 Å². The van der Waals surface area contributed by atoms with Gasteiger partial charge in [-0.25, -0.2) is 0 Å². The van der Waals surface area contributed by atoms with E-state index in [1.165, 1.54) is 28.2 Å². The van der Waals surface area contributed by atoms with E-state index in [4.69, 9.17) is 4.99 Å². The van der Waals surface area contributed by atoms with Gasteiger partial charge in [-0.2, -0.15) is 5.10 Å². The summed E-state index contributed by atoms with van der Waals surface area (Å²) in [5.74, 6) is 1.18. The zero-order chi connectivity index (χ0) is 20.0. The fourth-order valence-electron chi connectivity index (χ4n) is 5.20. The SMILES string of the molecule is c1ccc(-c2[nH]ncc2CN2CCC3(CC2)Nc2ccccc2C2=NCCN23)cc1. The minimum absolute atomic E-state index is 0.0150. The van der Waals surface area contributed by atoms with Crippen molar-refractivity contribution in [1.82, 2.24) is 20.0 Å². The molecule has 1 spiro atoms. The van der Waals surface area contributed by atoms with Crippen LogP contribution < -0.4 is 5.32 Å². The van der Waals surface area contributed by atoms with E-state index >= 15 is 0 Å². The Morgan fingerprint density at radius 1 is 0.933 bits per heavy atom. The quantitative estimate of drug-likeness (QED) is 0.708. The molecule has 30 heavy (non-hydrogen) atoms. The van der Waals surface area contributed by atoms with E-state index in [-0.39, 0.29) is 5.66 Å². The molecule has 6 rings (SSSR count). The van der Waals surface area contributed by atoms with Crippen molar-refractivity contribution in [1.29, 1.82) is 0 Å². The van der Waals surface area contributed by atoms with Crippen molar-refractivity contribution in [3.63, 3.8) is 0 Å². The number of fused-ring (bicyclic) bond motifs is 4. The number of nitrogens with one attached hydrogen (secondary N) is 2. The summed E-state index contributed by atoms with van der Waals surface area (Å²) in [4.78, 5) is 9.93. The third-order valence-electron chi connectivity index (χ3n) is 6.75. The first-order valence-corrected chi connectivity index (χ1v) is 10.8. The van der Waals surface area contributed by atoms with Crippen LogP contribution in [0.1, 0.15) is 24.0 Å². The summed E-state index contributed by atoms with van der Waals surface area (Å²) in [6, 6.07) is 19.1. The Kier molecular flexibility index (Phi) is 4.13. The van der Waals surface area contributed by atoms with Crippen molar-refractivity contribution in [3.8, 4) is 11.3 Å². The number of benzene rings is 2. The second kappa shape index (κ2) is 6.99. The number of piperidine rings is 1. The van der Waals surface area contributed by atoms with Crippen LogP contribution in [0.3, 0.4) is 0 Å². The Hall–Kier alpha value is -3.12. The number of H-pyrrole nitrogens is 1. The van der Waals surface area contributed by atoms with Crippen molar-refractivity contribution in [2.75, 3.05) is 31.5 Å². The lowest BCUT2D eigenvalue weighted by Crippen LogP contribution is -2.63. The largest absolute Gasteiger partial charge is 0.362 e. The van der Waals surface area contributed by atoms with Crippen LogP contribution >= 0.6 is 0 Å². The molecule has 0 atom stereocenters. The molecule has 2 N–H and O–H groups in total. The molecule has 3 aliphatic heterocycles. The number of hydrogen-bond donors (Lipinski definition) is 2. The third kappa shape index (κ3) is 2.82. The van der Waals surface area contributed by atoms with Gasteiger partial charge in [0.25, 0.3) is 0 Å². The van der Waals surface area contributed by atoms with Gasteiger partial charge in [-0.3, -0.25) is 15.0 Å². The molecule has 6 heteroatoms. The molecule has 1 saturated heterocycles. The monoisotopic (exact) mass is 398 g/mol. The van der Waals surface area contributed by atoms with Gasteiger partial charge < -0.3 is 10.2 Å². The van der Waals surface area contributed by atoms with Crippen LogP contribution in [0.15, 0.2) is 65.8 Å². The van der Waals surface area contributed by atoms with Gasteiger partial charge in [0.05, 0.1) is 18.4 Å². The molecule has 4 heterocycles. The fraction of sp³-hybridized carbons (Fsp3) is 0.333. The summed E-state index contributed by atoms with van der Waals surface area (Å²) < 4.78 is 0. The van der Waals surface area contributed by atoms with Gasteiger partial charge in [0.1, 0.15) is 11.5 Å². The summed E-state index contributed by atoms with van der Waals surface area (Å²) >= 11 is 0. The molecule has 6 nitrogen and oxygen atoms in total. The lowest BCUT2D eigenvalue weighted by atomic mass is 9.90. The highest BCUT2D eigenvalue weighted by atomic mass is 15.4. The average Bonchev–Trinajstić information content (AvgIpc) is 3.47. The number of rotatable bonds is 3. The van der Waals surface area contributed by atoms with Crippen molar-refractivity contribution in [2.45, 2.75) is 25.0 Å². The Morgan fingerprint density at radius 3 is 2.60 bits per heavy atom. The summed E-state index contributed by atoms with van der Waals surface area (Å²) in [5.41, 5.74) is 6.05. The number of anilines is 1. The normalized spacial score (nSPS) is 19.9. The van der Waals surface area contributed by atoms with Gasteiger partial charge in [0.2, 0.25) is 0 Å². The first-order valence-electron chi connectivity index (χ1n) is 10.8. The Balaban J connectivity index is 1.20. The van der Waals surface area contributed by atoms with Gasteiger partial charge in [-0.1, -0.05) is 42.5 Å². The van der Waals surface area contributed by atoms with E-state index in [9.17, 15) is 0 Å². The Labute approximate surface area is 176 Å². The van der Waals surface area contributed by atoms with E-state index in [1.54, 1.807) is 0 Å². The van der Waals surface area contributed by atoms with Gasteiger partial charge in [-0.05, 0) is 17.7 Å². The summed E-state index contributed by atoms with van der Waals surface area (Å²) in [7, 11) is 0. The Bertz CT molecular complexity index is 1080. The highest BCUT2D eigenvalue weighted by molar-refractivity contribution is 6.06. The number of hydrogen-bond acceptors (Lipinski definition) is 5. The number of para-hydroxylation sites is 1. The Morgan fingerprint density at radius 2 is 1.73 bits per heavy atom. The topological polar surface area (TPSA) is 59.6 Å². The number of nitrogens with zero attached hydrogens (tertiary/aromatic N) is 4. The predicted molar refractivity (Wildman–Crippen MR) is 119 cm³/mol. The maximum atomic E-state index is 4.85. The molecule has 1 aromatic heterocycles. The second-order valence-corrected chi connectivity index (χ2v) is 8.47. The highest BCUT2D eigenvalue weighted by Crippen LogP contribution is 2.39. The smallest absolute Gasteiger partial charge is 0.134 e. The summed E-state index contributed by atoms with van der Waals surface area (Å²) in [6.07, 6.45) is 4.14. The molecule has 0 bridgehead atoms. The maximum Gasteiger partial charge on any atom is 0.134 e. The molecular formula is C24H26N6. The molecule has 2 aromatic carbocycles. The molecule has 1 fully saturated rings. The van der Waals surface area contributed by atoms with Gasteiger partial charge >= 0.3 is 0 Å².